The lowest BCUT2D eigenvalue weighted by Gasteiger charge is -2.37. The molecule has 3 aliphatic rings. The van der Waals surface area contributed by atoms with Gasteiger partial charge in [0.05, 0.1) is 17.4 Å². The number of carbonyl (C=O) groups is 3. The van der Waals surface area contributed by atoms with Gasteiger partial charge in [-0.25, -0.2) is 0 Å². The fraction of sp³-hybridized carbons (Fsp3) is 0.378. The molecule has 3 aliphatic heterocycles. The van der Waals surface area contributed by atoms with Crippen molar-refractivity contribution < 1.29 is 24.2 Å². The highest BCUT2D eigenvalue weighted by molar-refractivity contribution is 6.06. The zero-order valence-electron chi connectivity index (χ0n) is 25.8. The van der Waals surface area contributed by atoms with Crippen molar-refractivity contribution in [2.75, 3.05) is 31.1 Å². The number of ether oxygens (including phenoxy) is 1. The summed E-state index contributed by atoms with van der Waals surface area (Å²) in [4.78, 5) is 48.7. The van der Waals surface area contributed by atoms with Gasteiger partial charge >= 0.3 is 0 Å². The fourth-order valence-electron chi connectivity index (χ4n) is 7.90. The molecule has 0 saturated carbocycles. The molecule has 3 fully saturated rings. The number of rotatable bonds is 12. The molecule has 0 aliphatic carbocycles. The zero-order chi connectivity index (χ0) is 31.8. The number of fused-ring (bicyclic) bond motifs is 2. The van der Waals surface area contributed by atoms with Crippen LogP contribution in [0.25, 0.3) is 10.8 Å². The molecule has 3 aromatic carbocycles. The quantitative estimate of drug-likeness (QED) is 0.301. The molecular weight excluding hydrogens is 566 g/mol. The minimum atomic E-state index is -1.17. The molecule has 0 aromatic heterocycles. The van der Waals surface area contributed by atoms with Gasteiger partial charge in [-0.05, 0) is 54.7 Å². The van der Waals surface area contributed by atoms with E-state index in [1.807, 2.05) is 79.7 Å². The summed E-state index contributed by atoms with van der Waals surface area (Å²) in [5, 5.41) is 11.8. The Morgan fingerprint density at radius 1 is 0.978 bits per heavy atom. The van der Waals surface area contributed by atoms with Crippen molar-refractivity contribution in [2.24, 2.45) is 11.8 Å². The highest BCUT2D eigenvalue weighted by Crippen LogP contribution is 2.63. The van der Waals surface area contributed by atoms with Gasteiger partial charge in [-0.2, -0.15) is 0 Å². The lowest BCUT2D eigenvalue weighted by atomic mass is 9.66. The van der Waals surface area contributed by atoms with Crippen LogP contribution in [0.4, 0.5) is 5.69 Å². The molecule has 8 heteroatoms. The van der Waals surface area contributed by atoms with E-state index in [9.17, 15) is 19.5 Å². The van der Waals surface area contributed by atoms with Gasteiger partial charge in [-0.15, -0.1) is 13.2 Å². The number of hydrogen-bond donors (Lipinski definition) is 1. The van der Waals surface area contributed by atoms with E-state index in [1.165, 1.54) is 0 Å². The van der Waals surface area contributed by atoms with Crippen LogP contribution in [0.1, 0.15) is 31.7 Å². The Morgan fingerprint density at radius 3 is 2.40 bits per heavy atom. The second-order valence-corrected chi connectivity index (χ2v) is 12.6. The lowest BCUT2D eigenvalue weighted by Crippen LogP contribution is -2.56. The van der Waals surface area contributed by atoms with Crippen LogP contribution in [0.2, 0.25) is 0 Å². The van der Waals surface area contributed by atoms with Gasteiger partial charge in [-0.3, -0.25) is 14.4 Å². The van der Waals surface area contributed by atoms with Crippen LogP contribution < -0.4 is 4.90 Å². The summed E-state index contributed by atoms with van der Waals surface area (Å²) in [6.45, 7) is 10.7. The third kappa shape index (κ3) is 5.16. The summed E-state index contributed by atoms with van der Waals surface area (Å²) < 4.78 is 6.86. The van der Waals surface area contributed by atoms with Crippen molar-refractivity contribution in [2.45, 2.75) is 50.0 Å². The van der Waals surface area contributed by atoms with E-state index in [1.54, 1.807) is 26.9 Å². The molecule has 1 N–H and O–H groups in total. The first kappa shape index (κ1) is 30.7. The molecule has 1 spiro atoms. The van der Waals surface area contributed by atoms with Crippen molar-refractivity contribution in [3.8, 4) is 0 Å². The van der Waals surface area contributed by atoms with Gasteiger partial charge in [0.2, 0.25) is 11.8 Å². The van der Waals surface area contributed by atoms with Crippen LogP contribution in [-0.2, 0) is 25.7 Å². The van der Waals surface area contributed by atoms with Crippen molar-refractivity contribution >= 4 is 34.2 Å². The molecule has 2 unspecified atom stereocenters. The maximum absolute atomic E-state index is 14.8. The van der Waals surface area contributed by atoms with Crippen LogP contribution in [0.15, 0.2) is 98.1 Å². The average molecular weight is 608 g/mol. The highest BCUT2D eigenvalue weighted by Gasteiger charge is 2.78. The van der Waals surface area contributed by atoms with E-state index in [2.05, 4.69) is 13.2 Å². The molecule has 3 aromatic rings. The molecule has 2 bridgehead atoms. The van der Waals surface area contributed by atoms with E-state index in [0.29, 0.717) is 38.0 Å². The molecule has 3 saturated heterocycles. The number of aliphatic hydroxyl groups excluding tert-OH is 1. The SMILES string of the molecule is C=CCN(Cc1ccccc1)C(=O)[C@@H]1[C@H]2C(=O)N(CCCO)C(C(=O)N(CC=C)c3ccc4ccccc4c3)C23CC[C@@]1(C)O3. The number of nitrogens with zero attached hydrogens (tertiary/aromatic N) is 3. The molecule has 8 nitrogen and oxygen atoms in total. The zero-order valence-corrected chi connectivity index (χ0v) is 25.8. The topological polar surface area (TPSA) is 90.4 Å². The smallest absolute Gasteiger partial charge is 0.253 e. The summed E-state index contributed by atoms with van der Waals surface area (Å²) in [5.41, 5.74) is -0.398. The number of carbonyl (C=O) groups excluding carboxylic acids is 3. The minimum absolute atomic E-state index is 0.130. The summed E-state index contributed by atoms with van der Waals surface area (Å²) in [6, 6.07) is 22.6. The van der Waals surface area contributed by atoms with Gasteiger partial charge in [0.25, 0.3) is 5.91 Å². The number of likely N-dealkylation sites (tertiary alicyclic amines) is 1. The van der Waals surface area contributed by atoms with Crippen LogP contribution in [-0.4, -0.2) is 76.1 Å². The number of benzene rings is 3. The number of aliphatic hydroxyl groups is 1. The first-order valence-electron chi connectivity index (χ1n) is 15.7. The first-order valence-corrected chi connectivity index (χ1v) is 15.7. The van der Waals surface area contributed by atoms with Gasteiger partial charge < -0.3 is 24.5 Å². The van der Waals surface area contributed by atoms with Crippen molar-refractivity contribution in [1.29, 1.82) is 0 Å². The minimum Gasteiger partial charge on any atom is -0.396 e. The summed E-state index contributed by atoms with van der Waals surface area (Å²) >= 11 is 0. The Bertz CT molecular complexity index is 1620. The molecule has 0 radical (unpaired) electrons. The van der Waals surface area contributed by atoms with Gasteiger partial charge in [0.1, 0.15) is 11.6 Å². The Kier molecular flexibility index (Phi) is 8.37. The lowest BCUT2D eigenvalue weighted by molar-refractivity contribution is -0.150. The monoisotopic (exact) mass is 607 g/mol. The molecule has 45 heavy (non-hydrogen) atoms. The fourth-order valence-corrected chi connectivity index (χ4v) is 7.90. The van der Waals surface area contributed by atoms with Gasteiger partial charge in [0.15, 0.2) is 0 Å². The molecule has 3 heterocycles. The second-order valence-electron chi connectivity index (χ2n) is 12.6. The third-order valence-electron chi connectivity index (χ3n) is 9.83. The predicted octanol–water partition coefficient (Wildman–Crippen LogP) is 4.72. The maximum atomic E-state index is 14.8. The van der Waals surface area contributed by atoms with E-state index < -0.39 is 29.1 Å². The van der Waals surface area contributed by atoms with E-state index in [0.717, 1.165) is 16.3 Å². The average Bonchev–Trinajstić information content (AvgIpc) is 3.62. The number of hydrogen-bond acceptors (Lipinski definition) is 5. The van der Waals surface area contributed by atoms with Crippen molar-refractivity contribution in [3.63, 3.8) is 0 Å². The van der Waals surface area contributed by atoms with Crippen molar-refractivity contribution in [1.82, 2.24) is 9.80 Å². The van der Waals surface area contributed by atoms with Crippen LogP contribution >= 0.6 is 0 Å². The maximum Gasteiger partial charge on any atom is 0.253 e. The van der Waals surface area contributed by atoms with E-state index >= 15 is 0 Å². The molecule has 234 valence electrons. The van der Waals surface area contributed by atoms with E-state index in [-0.39, 0.29) is 37.4 Å². The van der Waals surface area contributed by atoms with Crippen LogP contribution in [0.5, 0.6) is 0 Å². The Balaban J connectivity index is 1.39. The predicted molar refractivity (Wildman–Crippen MR) is 174 cm³/mol. The normalized spacial score (nSPS) is 26.6. The Morgan fingerprint density at radius 2 is 1.69 bits per heavy atom. The van der Waals surface area contributed by atoms with Crippen molar-refractivity contribution in [3.05, 3.63) is 104 Å². The molecule has 6 rings (SSSR count). The summed E-state index contributed by atoms with van der Waals surface area (Å²) in [5.74, 6) is -2.29. The van der Waals surface area contributed by atoms with Gasteiger partial charge in [-0.1, -0.05) is 72.8 Å². The first-order chi connectivity index (χ1) is 21.8. The third-order valence-corrected chi connectivity index (χ3v) is 9.83. The second kappa shape index (κ2) is 12.3. The number of anilines is 1. The largest absolute Gasteiger partial charge is 0.396 e. The van der Waals surface area contributed by atoms with E-state index in [4.69, 9.17) is 4.74 Å². The molecule has 3 amide bonds. The van der Waals surface area contributed by atoms with Gasteiger partial charge in [0, 0.05) is 38.5 Å². The van der Waals surface area contributed by atoms with Crippen LogP contribution in [0, 0.1) is 11.8 Å². The standard InChI is InChI=1S/C37H41N3O5/c1-4-20-38(25-26-12-7-6-8-13-26)33(42)30-31-34(43)40(22-11-23-41)32(37(31)19-18-36(30,3)45-37)35(44)39(21-5-2)29-17-16-27-14-9-10-15-28(27)24-29/h4-10,12-17,24,30-32,41H,1-2,11,18-23,25H2,3H3/t30-,31-,32?,36+,37?/m0/s1. The molecule has 5 atom stereocenters. The highest BCUT2D eigenvalue weighted by atomic mass is 16.5. The van der Waals surface area contributed by atoms with Crippen LogP contribution in [0.3, 0.4) is 0 Å². The molecular formula is C37H41N3O5. The Labute approximate surface area is 264 Å². The summed E-state index contributed by atoms with van der Waals surface area (Å²) in [6.07, 6.45) is 4.71. The summed E-state index contributed by atoms with van der Waals surface area (Å²) in [7, 11) is 0. The number of amides is 3. The Hall–Kier alpha value is -4.27.